The van der Waals surface area contributed by atoms with Crippen LogP contribution in [0.25, 0.3) is 6.08 Å². The summed E-state index contributed by atoms with van der Waals surface area (Å²) in [7, 11) is 0. The van der Waals surface area contributed by atoms with E-state index in [1.807, 2.05) is 36.4 Å². The number of fused-ring (bicyclic) bond motifs is 1. The lowest BCUT2D eigenvalue weighted by atomic mass is 9.91. The monoisotopic (exact) mass is 404 g/mol. The molecule has 0 amide bonds. The summed E-state index contributed by atoms with van der Waals surface area (Å²) in [5.41, 5.74) is 2.04. The Morgan fingerprint density at radius 1 is 1.29 bits per heavy atom. The number of alkyl halides is 1. The second kappa shape index (κ2) is 9.39. The summed E-state index contributed by atoms with van der Waals surface area (Å²) in [4.78, 5) is 23.4. The lowest BCUT2D eigenvalue weighted by molar-refractivity contribution is -0.143. The van der Waals surface area contributed by atoms with Crippen molar-refractivity contribution in [2.24, 2.45) is 11.8 Å². The summed E-state index contributed by atoms with van der Waals surface area (Å²) < 4.78 is 5.66. The third-order valence-corrected chi connectivity index (χ3v) is 5.91. The molecule has 1 aromatic carbocycles. The summed E-state index contributed by atoms with van der Waals surface area (Å²) in [6.07, 6.45) is 10.1. The number of rotatable bonds is 8. The molecule has 4 atom stereocenters. The second-order valence-corrected chi connectivity index (χ2v) is 7.92. The highest BCUT2D eigenvalue weighted by molar-refractivity contribution is 6.21. The van der Waals surface area contributed by atoms with Crippen LogP contribution >= 0.6 is 11.6 Å². The Morgan fingerprint density at radius 3 is 2.89 bits per heavy atom. The van der Waals surface area contributed by atoms with Gasteiger partial charge in [0.05, 0.1) is 12.0 Å². The average molecular weight is 405 g/mol. The van der Waals surface area contributed by atoms with Gasteiger partial charge in [-0.2, -0.15) is 0 Å². The van der Waals surface area contributed by atoms with Crippen LogP contribution in [0.5, 0.6) is 5.75 Å². The Balaban J connectivity index is 1.62. The van der Waals surface area contributed by atoms with Crippen LogP contribution in [0.1, 0.15) is 43.2 Å². The zero-order valence-electron chi connectivity index (χ0n) is 15.6. The minimum Gasteiger partial charge on any atom is -0.481 e. The van der Waals surface area contributed by atoms with E-state index >= 15 is 0 Å². The molecular weight excluding hydrogens is 380 g/mol. The summed E-state index contributed by atoms with van der Waals surface area (Å²) >= 11 is 6.40. The van der Waals surface area contributed by atoms with Crippen LogP contribution in [0.2, 0.25) is 0 Å². The lowest BCUT2D eigenvalue weighted by Crippen LogP contribution is -2.32. The maximum absolute atomic E-state index is 12.8. The van der Waals surface area contributed by atoms with Gasteiger partial charge in [0.15, 0.2) is 0 Å². The number of carboxylic acid groups (broad SMARTS) is 1. The highest BCUT2D eigenvalue weighted by Gasteiger charge is 2.46. The molecule has 0 unspecified atom stereocenters. The molecule has 2 aliphatic carbocycles. The minimum absolute atomic E-state index is 0.134. The number of carbonyl (C=O) groups is 2. The molecule has 0 saturated heterocycles. The SMILES string of the molecule is O=C(O)CCC/C=C\C[C@@H]1[C@H](C(=O)Oc2cccc3c2C=CC3)[C@H](O)C[C@H]1Cl. The van der Waals surface area contributed by atoms with Crippen LogP contribution in [0.4, 0.5) is 0 Å². The molecule has 1 fully saturated rings. The highest BCUT2D eigenvalue weighted by atomic mass is 35.5. The van der Waals surface area contributed by atoms with Gasteiger partial charge in [-0.15, -0.1) is 11.6 Å². The molecule has 0 radical (unpaired) electrons. The molecule has 2 N–H and O–H groups in total. The zero-order valence-corrected chi connectivity index (χ0v) is 16.3. The lowest BCUT2D eigenvalue weighted by Gasteiger charge is -2.21. The number of allylic oxidation sites excluding steroid dienone is 3. The van der Waals surface area contributed by atoms with Crippen molar-refractivity contribution in [1.29, 1.82) is 0 Å². The van der Waals surface area contributed by atoms with Crippen LogP contribution < -0.4 is 4.74 Å². The highest BCUT2D eigenvalue weighted by Crippen LogP contribution is 2.40. The number of benzene rings is 1. The molecular formula is C22H25ClO5. The molecule has 6 heteroatoms. The van der Waals surface area contributed by atoms with Crippen LogP contribution in [-0.4, -0.2) is 33.6 Å². The van der Waals surface area contributed by atoms with Crippen molar-refractivity contribution >= 4 is 29.6 Å². The summed E-state index contributed by atoms with van der Waals surface area (Å²) in [6.45, 7) is 0. The average Bonchev–Trinajstić information content (AvgIpc) is 3.22. The Hall–Kier alpha value is -2.11. The van der Waals surface area contributed by atoms with E-state index < -0.39 is 24.0 Å². The Labute approximate surface area is 169 Å². The number of hydrogen-bond acceptors (Lipinski definition) is 4. The van der Waals surface area contributed by atoms with Gasteiger partial charge in [-0.1, -0.05) is 36.4 Å². The van der Waals surface area contributed by atoms with Gasteiger partial charge >= 0.3 is 11.9 Å². The number of ether oxygens (including phenoxy) is 1. The fourth-order valence-electron chi connectivity index (χ4n) is 3.96. The predicted molar refractivity (Wildman–Crippen MR) is 107 cm³/mol. The van der Waals surface area contributed by atoms with E-state index in [-0.39, 0.29) is 17.7 Å². The topological polar surface area (TPSA) is 83.8 Å². The predicted octanol–water partition coefficient (Wildman–Crippen LogP) is 3.97. The zero-order chi connectivity index (χ0) is 20.1. The third kappa shape index (κ3) is 4.83. The van der Waals surface area contributed by atoms with Crippen molar-refractivity contribution in [2.75, 3.05) is 0 Å². The van der Waals surface area contributed by atoms with E-state index in [1.54, 1.807) is 6.07 Å². The fourth-order valence-corrected chi connectivity index (χ4v) is 4.40. The number of carboxylic acids is 1. The molecule has 0 aliphatic heterocycles. The minimum atomic E-state index is -0.826. The standard InChI is InChI=1S/C22H25ClO5/c23-17-13-18(24)21(16(17)9-3-1-2-4-12-20(25)26)22(27)28-19-11-6-8-14-7-5-10-15(14)19/h1,3,5-6,8,10-11,16-18,21,24H,2,4,7,9,12-13H2,(H,25,26)/b3-1-/t16-,17+,18+,21-/m0/s1. The second-order valence-electron chi connectivity index (χ2n) is 7.36. The van der Waals surface area contributed by atoms with Gasteiger partial charge in [0, 0.05) is 17.4 Å². The quantitative estimate of drug-likeness (QED) is 0.225. The number of halogens is 1. The van der Waals surface area contributed by atoms with E-state index in [9.17, 15) is 14.7 Å². The number of esters is 1. The van der Waals surface area contributed by atoms with Crippen molar-refractivity contribution < 1.29 is 24.5 Å². The van der Waals surface area contributed by atoms with Crippen LogP contribution in [-0.2, 0) is 16.0 Å². The number of aliphatic hydroxyl groups is 1. The molecule has 2 aliphatic rings. The van der Waals surface area contributed by atoms with Gasteiger partial charge in [0.1, 0.15) is 5.75 Å². The molecule has 0 bridgehead atoms. The first kappa shape index (κ1) is 20.6. The van der Waals surface area contributed by atoms with E-state index in [2.05, 4.69) is 0 Å². The maximum Gasteiger partial charge on any atom is 0.317 e. The number of carbonyl (C=O) groups excluding carboxylic acids is 1. The molecule has 0 spiro atoms. The first-order chi connectivity index (χ1) is 13.5. The molecule has 28 heavy (non-hydrogen) atoms. The van der Waals surface area contributed by atoms with Gasteiger partial charge in [-0.3, -0.25) is 9.59 Å². The molecule has 3 rings (SSSR count). The van der Waals surface area contributed by atoms with E-state index in [0.717, 1.165) is 17.5 Å². The summed E-state index contributed by atoms with van der Waals surface area (Å²) in [5, 5.41) is 18.7. The molecule has 5 nitrogen and oxygen atoms in total. The number of unbranched alkanes of at least 4 members (excludes halogenated alkanes) is 1. The fraction of sp³-hybridized carbons (Fsp3) is 0.455. The third-order valence-electron chi connectivity index (χ3n) is 5.40. The van der Waals surface area contributed by atoms with Crippen molar-refractivity contribution in [3.8, 4) is 5.75 Å². The first-order valence-corrected chi connectivity index (χ1v) is 10.1. The molecule has 0 aromatic heterocycles. The Morgan fingerprint density at radius 2 is 2.11 bits per heavy atom. The van der Waals surface area contributed by atoms with Gasteiger partial charge in [-0.25, -0.2) is 0 Å². The van der Waals surface area contributed by atoms with Crippen molar-refractivity contribution in [3.63, 3.8) is 0 Å². The summed E-state index contributed by atoms with van der Waals surface area (Å²) in [6, 6.07) is 5.63. The largest absolute Gasteiger partial charge is 0.481 e. The van der Waals surface area contributed by atoms with Gasteiger partial charge < -0.3 is 14.9 Å². The maximum atomic E-state index is 12.8. The van der Waals surface area contributed by atoms with Crippen LogP contribution in [0, 0.1) is 11.8 Å². The van der Waals surface area contributed by atoms with Gasteiger partial charge in [0.25, 0.3) is 0 Å². The van der Waals surface area contributed by atoms with Crippen molar-refractivity contribution in [2.45, 2.75) is 50.0 Å². The van der Waals surface area contributed by atoms with Crippen LogP contribution in [0.15, 0.2) is 36.4 Å². The van der Waals surface area contributed by atoms with Crippen molar-refractivity contribution in [1.82, 2.24) is 0 Å². The van der Waals surface area contributed by atoms with Gasteiger partial charge in [0.2, 0.25) is 0 Å². The molecule has 1 saturated carbocycles. The summed E-state index contributed by atoms with van der Waals surface area (Å²) in [5.74, 6) is -1.63. The smallest absolute Gasteiger partial charge is 0.317 e. The van der Waals surface area contributed by atoms with Crippen molar-refractivity contribution in [3.05, 3.63) is 47.6 Å². The van der Waals surface area contributed by atoms with Gasteiger partial charge in [-0.05, 0) is 49.7 Å². The number of aliphatic hydroxyl groups excluding tert-OH is 1. The normalized spacial score (nSPS) is 25.9. The van der Waals surface area contributed by atoms with E-state index in [0.29, 0.717) is 31.4 Å². The molecule has 0 heterocycles. The molecule has 150 valence electrons. The van der Waals surface area contributed by atoms with E-state index in [4.69, 9.17) is 21.4 Å². The number of aliphatic carboxylic acids is 1. The van der Waals surface area contributed by atoms with Crippen LogP contribution in [0.3, 0.4) is 0 Å². The number of hydrogen-bond donors (Lipinski definition) is 2. The van der Waals surface area contributed by atoms with E-state index in [1.165, 1.54) is 0 Å². The Bertz CT molecular complexity index is 785. The first-order valence-electron chi connectivity index (χ1n) is 9.66. The molecule has 1 aromatic rings. The Kier molecular flexibility index (Phi) is 6.92.